The molecule has 0 spiro atoms. The number of hydrogen-bond donors (Lipinski definition) is 0. The van der Waals surface area contributed by atoms with Crippen molar-refractivity contribution in [2.75, 3.05) is 6.26 Å². The van der Waals surface area contributed by atoms with Crippen molar-refractivity contribution < 1.29 is 8.83 Å². The molecule has 0 N–H and O–H groups in total. The van der Waals surface area contributed by atoms with Gasteiger partial charge >= 0.3 is 0 Å². The summed E-state index contributed by atoms with van der Waals surface area (Å²) in [5.41, 5.74) is 10.5. The molecular weight excluding hydrogens is 743 g/mol. The predicted octanol–water partition coefficient (Wildman–Crippen LogP) is 12.4. The zero-order valence-corrected chi connectivity index (χ0v) is 33.7. The van der Waals surface area contributed by atoms with E-state index in [0.717, 1.165) is 83.4 Å². The summed E-state index contributed by atoms with van der Waals surface area (Å²) in [5, 5.41) is 3.88. The van der Waals surface area contributed by atoms with E-state index < -0.39 is 0 Å². The molecule has 5 nitrogen and oxygen atoms in total. The first-order chi connectivity index (χ1) is 29.0. The summed E-state index contributed by atoms with van der Waals surface area (Å²) < 4.78 is 12.5. The van der Waals surface area contributed by atoms with Gasteiger partial charge in [-0.1, -0.05) is 146 Å². The maximum Gasteiger partial charge on any atom is 0.165 e. The van der Waals surface area contributed by atoms with Gasteiger partial charge in [0.15, 0.2) is 17.5 Å². The molecule has 0 unspecified atom stereocenters. The highest BCUT2D eigenvalue weighted by Gasteiger charge is 2.21. The standard InChI is InChI=1S/C53H41N3O2S/c1-35(18-7-8-21-38-22-10-16-31-48(38)59-3)51-54-52(41-25-17-24-40(34-41)37-19-5-4-6-20-37)56-53(55-51)49-39(32-33-47-50(49)43-27-12-15-30-46(43)58-47)23-9-13-28-44-36(2)42-26-11-14-29-45(42)57-44/h4-20,22,24-34H,2,21,23H2,1,3H3/b8-7-,13-9-,35-18+,44-28+. The van der Waals surface area contributed by atoms with Crippen LogP contribution in [0.2, 0.25) is 0 Å². The van der Waals surface area contributed by atoms with Gasteiger partial charge in [0.2, 0.25) is 0 Å². The quantitative estimate of drug-likeness (QED) is 0.0961. The van der Waals surface area contributed by atoms with Crippen molar-refractivity contribution >= 4 is 62.9 Å². The van der Waals surface area contributed by atoms with Crippen LogP contribution < -0.4 is 10.6 Å². The summed E-state index contributed by atoms with van der Waals surface area (Å²) in [7, 11) is 0. The van der Waals surface area contributed by atoms with Crippen molar-refractivity contribution in [1.82, 2.24) is 15.0 Å². The van der Waals surface area contributed by atoms with Crippen LogP contribution in [0.3, 0.4) is 0 Å². The Balaban J connectivity index is 1.18. The lowest BCUT2D eigenvalue weighted by atomic mass is 9.97. The SMILES string of the molecule is C=c1/c(=C\C=C/Cc2ccc3oc4ccccc4c3c2-c2nc(/C(C)=C/C=C\Cc3ccccc3SC)nc(-c3cccc(-c4ccccc4)c3)n2)oc2ccccc12. The monoisotopic (exact) mass is 783 g/mol. The van der Waals surface area contributed by atoms with E-state index in [2.05, 4.69) is 135 Å². The average molecular weight is 784 g/mol. The summed E-state index contributed by atoms with van der Waals surface area (Å²) in [6, 6.07) is 47.6. The van der Waals surface area contributed by atoms with Crippen molar-refractivity contribution in [2.24, 2.45) is 0 Å². The first-order valence-electron chi connectivity index (χ1n) is 19.7. The van der Waals surface area contributed by atoms with Crippen LogP contribution in [0.4, 0.5) is 0 Å². The maximum absolute atomic E-state index is 6.43. The van der Waals surface area contributed by atoms with Crippen LogP contribution >= 0.6 is 11.8 Å². The number of furan rings is 2. The molecule has 0 radical (unpaired) electrons. The highest BCUT2D eigenvalue weighted by Crippen LogP contribution is 2.39. The average Bonchev–Trinajstić information content (AvgIpc) is 3.83. The zero-order valence-electron chi connectivity index (χ0n) is 32.9. The van der Waals surface area contributed by atoms with Gasteiger partial charge in [0, 0.05) is 37.4 Å². The third-order valence-electron chi connectivity index (χ3n) is 10.5. The number of fused-ring (bicyclic) bond motifs is 4. The third kappa shape index (κ3) is 7.83. The van der Waals surface area contributed by atoms with Crippen LogP contribution in [0.15, 0.2) is 184 Å². The van der Waals surface area contributed by atoms with Crippen LogP contribution in [0, 0.1) is 0 Å². The highest BCUT2D eigenvalue weighted by molar-refractivity contribution is 7.98. The number of para-hydroxylation sites is 2. The number of rotatable bonds is 11. The van der Waals surface area contributed by atoms with E-state index in [1.54, 1.807) is 11.8 Å². The molecular formula is C53H41N3O2S. The zero-order chi connectivity index (χ0) is 40.1. The van der Waals surface area contributed by atoms with Gasteiger partial charge in [0.1, 0.15) is 22.2 Å². The van der Waals surface area contributed by atoms with E-state index in [-0.39, 0.29) is 0 Å². The van der Waals surface area contributed by atoms with Crippen molar-refractivity contribution in [2.45, 2.75) is 24.7 Å². The molecule has 0 fully saturated rings. The van der Waals surface area contributed by atoms with E-state index in [4.69, 9.17) is 23.8 Å². The molecule has 0 aliphatic heterocycles. The second kappa shape index (κ2) is 16.8. The number of aromatic nitrogens is 3. The number of allylic oxidation sites excluding steroid dienone is 6. The number of thioether (sulfide) groups is 1. The summed E-state index contributed by atoms with van der Waals surface area (Å²) in [5.74, 6) is 1.79. The number of benzene rings is 6. The molecule has 0 amide bonds. The molecule has 0 aliphatic carbocycles. The van der Waals surface area contributed by atoms with Gasteiger partial charge in [0.25, 0.3) is 0 Å². The minimum absolute atomic E-state index is 0.586. The molecule has 0 atom stereocenters. The molecule has 3 aromatic heterocycles. The lowest BCUT2D eigenvalue weighted by Gasteiger charge is -2.13. The van der Waals surface area contributed by atoms with Gasteiger partial charge in [-0.05, 0) is 90.3 Å². The summed E-state index contributed by atoms with van der Waals surface area (Å²) in [6.07, 6.45) is 16.1. The molecule has 0 bridgehead atoms. The second-order valence-electron chi connectivity index (χ2n) is 14.4. The normalized spacial score (nSPS) is 12.6. The van der Waals surface area contributed by atoms with Crippen LogP contribution in [0.1, 0.15) is 23.9 Å². The van der Waals surface area contributed by atoms with E-state index in [1.165, 1.54) is 10.5 Å². The fourth-order valence-electron chi connectivity index (χ4n) is 7.50. The predicted molar refractivity (Wildman–Crippen MR) is 246 cm³/mol. The van der Waals surface area contributed by atoms with Gasteiger partial charge in [-0.3, -0.25) is 0 Å². The Morgan fingerprint density at radius 1 is 0.610 bits per heavy atom. The minimum atomic E-state index is 0.586. The Hall–Kier alpha value is -7.02. The minimum Gasteiger partial charge on any atom is -0.456 e. The Morgan fingerprint density at radius 2 is 1.29 bits per heavy atom. The molecule has 0 aliphatic rings. The third-order valence-corrected chi connectivity index (χ3v) is 11.4. The second-order valence-corrected chi connectivity index (χ2v) is 15.2. The molecule has 6 aromatic carbocycles. The Kier molecular flexibility index (Phi) is 10.7. The van der Waals surface area contributed by atoms with Gasteiger partial charge in [-0.25, -0.2) is 15.0 Å². The van der Waals surface area contributed by atoms with Crippen LogP contribution in [0.25, 0.3) is 85.0 Å². The largest absolute Gasteiger partial charge is 0.456 e. The van der Waals surface area contributed by atoms with Crippen molar-refractivity contribution in [1.29, 1.82) is 0 Å². The van der Waals surface area contributed by atoms with Crippen molar-refractivity contribution in [3.63, 3.8) is 0 Å². The molecule has 0 saturated carbocycles. The highest BCUT2D eigenvalue weighted by atomic mass is 32.2. The van der Waals surface area contributed by atoms with Gasteiger partial charge in [0.05, 0.1) is 0 Å². The first-order valence-corrected chi connectivity index (χ1v) is 20.9. The molecule has 3 heterocycles. The molecule has 9 aromatic rings. The summed E-state index contributed by atoms with van der Waals surface area (Å²) in [6.45, 7) is 6.34. The Labute approximate surface area is 347 Å². The molecule has 0 saturated heterocycles. The van der Waals surface area contributed by atoms with Gasteiger partial charge in [-0.2, -0.15) is 0 Å². The van der Waals surface area contributed by atoms with Crippen LogP contribution in [-0.4, -0.2) is 21.2 Å². The smallest absolute Gasteiger partial charge is 0.165 e. The fourth-order valence-corrected chi connectivity index (χ4v) is 8.13. The number of hydrogen-bond acceptors (Lipinski definition) is 6. The summed E-state index contributed by atoms with van der Waals surface area (Å²) in [4.78, 5) is 17.0. The van der Waals surface area contributed by atoms with Crippen molar-refractivity contribution in [3.8, 4) is 33.9 Å². The van der Waals surface area contributed by atoms with Gasteiger partial charge in [-0.15, -0.1) is 11.8 Å². The molecule has 286 valence electrons. The fraction of sp³-hybridized carbons (Fsp3) is 0.0755. The lowest BCUT2D eigenvalue weighted by Crippen LogP contribution is -2.17. The van der Waals surface area contributed by atoms with Crippen LogP contribution in [0.5, 0.6) is 0 Å². The topological polar surface area (TPSA) is 65.0 Å². The lowest BCUT2D eigenvalue weighted by molar-refractivity contribution is 0.576. The van der Waals surface area contributed by atoms with E-state index in [0.29, 0.717) is 23.9 Å². The summed E-state index contributed by atoms with van der Waals surface area (Å²) >= 11 is 1.77. The molecule has 59 heavy (non-hydrogen) atoms. The van der Waals surface area contributed by atoms with Crippen LogP contribution in [-0.2, 0) is 12.8 Å². The maximum atomic E-state index is 6.43. The molecule has 9 rings (SSSR count). The van der Waals surface area contributed by atoms with E-state index >= 15 is 0 Å². The van der Waals surface area contributed by atoms with Crippen molar-refractivity contribution in [3.05, 3.63) is 197 Å². The van der Waals surface area contributed by atoms with Gasteiger partial charge < -0.3 is 8.83 Å². The Morgan fingerprint density at radius 3 is 2.12 bits per heavy atom. The molecule has 6 heteroatoms. The first kappa shape index (κ1) is 37.6. The van der Waals surface area contributed by atoms with E-state index in [9.17, 15) is 0 Å². The Bertz CT molecular complexity index is 3190. The van der Waals surface area contributed by atoms with E-state index in [1.807, 2.05) is 60.7 Å². The number of nitrogens with zero attached hydrogens (tertiary/aromatic N) is 3.